The predicted molar refractivity (Wildman–Crippen MR) is 120 cm³/mol. The first kappa shape index (κ1) is 22.8. The number of nitrogens with one attached hydrogen (secondary N) is 1. The summed E-state index contributed by atoms with van der Waals surface area (Å²) in [6, 6.07) is 14.9. The Balaban J connectivity index is 1.41. The lowest BCUT2D eigenvalue weighted by Crippen LogP contribution is -2.51. The summed E-state index contributed by atoms with van der Waals surface area (Å²) >= 11 is 0. The maximum absolute atomic E-state index is 13.4. The Hall–Kier alpha value is -3.42. The molecule has 0 bridgehead atoms. The van der Waals surface area contributed by atoms with Gasteiger partial charge in [0.2, 0.25) is 5.91 Å². The number of amides is 2. The molecule has 2 N–H and O–H groups in total. The lowest BCUT2D eigenvalue weighted by atomic mass is 9.98. The maximum atomic E-state index is 13.4. The van der Waals surface area contributed by atoms with E-state index in [1.807, 2.05) is 48.5 Å². The number of benzene rings is 2. The number of fused-ring (bicyclic) bond motifs is 3. The first-order chi connectivity index (χ1) is 15.9. The van der Waals surface area contributed by atoms with Crippen molar-refractivity contribution in [3.8, 4) is 11.1 Å². The highest BCUT2D eigenvalue weighted by Crippen LogP contribution is 2.44. The molecule has 1 atom stereocenters. The van der Waals surface area contributed by atoms with E-state index in [1.165, 1.54) is 4.90 Å². The Kier molecular flexibility index (Phi) is 6.91. The molecular formula is C25H27FN2O5. The van der Waals surface area contributed by atoms with Gasteiger partial charge in [0.05, 0.1) is 0 Å². The number of hydrogen-bond donors (Lipinski definition) is 2. The molecule has 1 aliphatic carbocycles. The van der Waals surface area contributed by atoms with E-state index in [0.29, 0.717) is 0 Å². The van der Waals surface area contributed by atoms with Crippen LogP contribution in [0.2, 0.25) is 0 Å². The average molecular weight is 454 g/mol. The van der Waals surface area contributed by atoms with Crippen LogP contribution >= 0.6 is 0 Å². The van der Waals surface area contributed by atoms with E-state index in [0.717, 1.165) is 22.3 Å². The number of piperidine rings is 1. The van der Waals surface area contributed by atoms with Crippen molar-refractivity contribution in [1.29, 1.82) is 0 Å². The van der Waals surface area contributed by atoms with Crippen molar-refractivity contribution in [3.63, 3.8) is 0 Å². The molecule has 1 fully saturated rings. The van der Waals surface area contributed by atoms with Gasteiger partial charge in [-0.05, 0) is 41.5 Å². The van der Waals surface area contributed by atoms with Crippen LogP contribution < -0.4 is 5.32 Å². The van der Waals surface area contributed by atoms with Gasteiger partial charge in [0.1, 0.15) is 18.8 Å². The molecule has 4 rings (SSSR count). The molecule has 1 heterocycles. The van der Waals surface area contributed by atoms with Gasteiger partial charge in [-0.15, -0.1) is 0 Å². The lowest BCUT2D eigenvalue weighted by Gasteiger charge is -2.31. The van der Waals surface area contributed by atoms with E-state index in [-0.39, 0.29) is 51.3 Å². The number of likely N-dealkylation sites (tertiary alicyclic amines) is 1. The SMILES string of the molecule is O=C(O)CCC(NC(=O)OCC1c2ccccc2-c2ccccc21)C(=O)N1CCC(F)CC1. The monoisotopic (exact) mass is 454 g/mol. The number of alkyl carbamates (subject to hydrolysis) is 1. The highest BCUT2D eigenvalue weighted by Gasteiger charge is 2.32. The van der Waals surface area contributed by atoms with Crippen molar-refractivity contribution >= 4 is 18.0 Å². The number of carbonyl (C=O) groups excluding carboxylic acids is 2. The normalized spacial score (nSPS) is 16.6. The second kappa shape index (κ2) is 10.0. The van der Waals surface area contributed by atoms with E-state index in [9.17, 15) is 18.8 Å². The first-order valence-electron chi connectivity index (χ1n) is 11.2. The Labute approximate surface area is 191 Å². The van der Waals surface area contributed by atoms with Gasteiger partial charge in [0, 0.05) is 25.4 Å². The molecule has 2 aliphatic rings. The molecule has 8 heteroatoms. The van der Waals surface area contributed by atoms with Gasteiger partial charge in [-0.2, -0.15) is 0 Å². The Bertz CT molecular complexity index is 989. The van der Waals surface area contributed by atoms with Gasteiger partial charge >= 0.3 is 12.1 Å². The van der Waals surface area contributed by atoms with Crippen molar-refractivity contribution in [3.05, 3.63) is 59.7 Å². The van der Waals surface area contributed by atoms with Crippen molar-refractivity contribution in [2.45, 2.75) is 43.8 Å². The summed E-state index contributed by atoms with van der Waals surface area (Å²) in [6.45, 7) is 0.582. The van der Waals surface area contributed by atoms with Crippen molar-refractivity contribution < 1.29 is 28.6 Å². The van der Waals surface area contributed by atoms with Gasteiger partial charge < -0.3 is 20.1 Å². The second-order valence-electron chi connectivity index (χ2n) is 8.45. The van der Waals surface area contributed by atoms with E-state index in [2.05, 4.69) is 5.32 Å². The average Bonchev–Trinajstić information content (AvgIpc) is 3.14. The maximum Gasteiger partial charge on any atom is 0.407 e. The summed E-state index contributed by atoms with van der Waals surface area (Å²) in [5, 5.41) is 11.6. The predicted octanol–water partition coefficient (Wildman–Crippen LogP) is 3.72. The van der Waals surface area contributed by atoms with Crippen molar-refractivity contribution in [2.75, 3.05) is 19.7 Å². The minimum atomic E-state index is -1.07. The Morgan fingerprint density at radius 2 is 1.61 bits per heavy atom. The van der Waals surface area contributed by atoms with E-state index >= 15 is 0 Å². The number of hydrogen-bond acceptors (Lipinski definition) is 4. The van der Waals surface area contributed by atoms with Crippen LogP contribution in [0.3, 0.4) is 0 Å². The van der Waals surface area contributed by atoms with Gasteiger partial charge in [-0.25, -0.2) is 9.18 Å². The third kappa shape index (κ3) is 5.16. The number of ether oxygens (including phenoxy) is 1. The second-order valence-corrected chi connectivity index (χ2v) is 8.45. The summed E-state index contributed by atoms with van der Waals surface area (Å²) in [7, 11) is 0. The number of alkyl halides is 1. The summed E-state index contributed by atoms with van der Waals surface area (Å²) in [4.78, 5) is 38.0. The zero-order valence-corrected chi connectivity index (χ0v) is 18.2. The van der Waals surface area contributed by atoms with Crippen LogP contribution in [0.1, 0.15) is 42.7 Å². The zero-order chi connectivity index (χ0) is 23.4. The standard InChI is InChI=1S/C25H27FN2O5/c26-16-11-13-28(14-12-16)24(31)22(9-10-23(29)30)27-25(32)33-15-21-19-7-3-1-5-17(19)18-6-2-4-8-20(18)21/h1-8,16,21-22H,9-15H2,(H,27,32)(H,29,30). The van der Waals surface area contributed by atoms with Crippen LogP contribution in [-0.4, -0.2) is 59.9 Å². The summed E-state index contributed by atoms with van der Waals surface area (Å²) in [5.41, 5.74) is 4.35. The van der Waals surface area contributed by atoms with Gasteiger partial charge in [-0.1, -0.05) is 48.5 Å². The lowest BCUT2D eigenvalue weighted by molar-refractivity contribution is -0.138. The highest BCUT2D eigenvalue weighted by atomic mass is 19.1. The van der Waals surface area contributed by atoms with Crippen LogP contribution in [-0.2, 0) is 14.3 Å². The fourth-order valence-electron chi connectivity index (χ4n) is 4.60. The molecule has 0 spiro atoms. The van der Waals surface area contributed by atoms with Crippen molar-refractivity contribution in [1.82, 2.24) is 10.2 Å². The van der Waals surface area contributed by atoms with E-state index < -0.39 is 30.2 Å². The van der Waals surface area contributed by atoms with Crippen LogP contribution in [0, 0.1) is 0 Å². The first-order valence-corrected chi connectivity index (χ1v) is 11.2. The number of carbonyl (C=O) groups is 3. The fourth-order valence-corrected chi connectivity index (χ4v) is 4.60. The van der Waals surface area contributed by atoms with Crippen LogP contribution in [0.4, 0.5) is 9.18 Å². The quantitative estimate of drug-likeness (QED) is 0.665. The van der Waals surface area contributed by atoms with Crippen LogP contribution in [0.25, 0.3) is 11.1 Å². The Morgan fingerprint density at radius 1 is 1.03 bits per heavy atom. The smallest absolute Gasteiger partial charge is 0.407 e. The van der Waals surface area contributed by atoms with Crippen LogP contribution in [0.5, 0.6) is 0 Å². The Morgan fingerprint density at radius 3 is 2.18 bits per heavy atom. The van der Waals surface area contributed by atoms with Gasteiger partial charge in [0.25, 0.3) is 0 Å². The molecule has 1 aliphatic heterocycles. The number of carboxylic acids is 1. The number of halogens is 1. The van der Waals surface area contributed by atoms with Crippen molar-refractivity contribution in [2.24, 2.45) is 0 Å². The van der Waals surface area contributed by atoms with E-state index in [1.54, 1.807) is 0 Å². The molecule has 2 aromatic rings. The molecule has 0 saturated carbocycles. The fraction of sp³-hybridized carbons (Fsp3) is 0.400. The number of aliphatic carboxylic acids is 1. The summed E-state index contributed by atoms with van der Waals surface area (Å²) < 4.78 is 18.9. The molecule has 1 saturated heterocycles. The molecule has 1 unspecified atom stereocenters. The molecule has 2 aromatic carbocycles. The van der Waals surface area contributed by atoms with Gasteiger partial charge in [0.15, 0.2) is 0 Å². The summed E-state index contributed by atoms with van der Waals surface area (Å²) in [6.07, 6.45) is -1.58. The zero-order valence-electron chi connectivity index (χ0n) is 18.2. The third-order valence-corrected chi connectivity index (χ3v) is 6.32. The molecule has 2 amide bonds. The topological polar surface area (TPSA) is 95.9 Å². The van der Waals surface area contributed by atoms with Crippen LogP contribution in [0.15, 0.2) is 48.5 Å². The summed E-state index contributed by atoms with van der Waals surface area (Å²) in [5.74, 6) is -1.60. The molecule has 0 radical (unpaired) electrons. The van der Waals surface area contributed by atoms with E-state index in [4.69, 9.17) is 9.84 Å². The minimum Gasteiger partial charge on any atom is -0.481 e. The number of carboxylic acid groups (broad SMARTS) is 1. The molecule has 7 nitrogen and oxygen atoms in total. The molecular weight excluding hydrogens is 427 g/mol. The largest absolute Gasteiger partial charge is 0.481 e. The van der Waals surface area contributed by atoms with Gasteiger partial charge in [-0.3, -0.25) is 9.59 Å². The molecule has 174 valence electrons. The number of nitrogens with zero attached hydrogens (tertiary/aromatic N) is 1. The highest BCUT2D eigenvalue weighted by molar-refractivity contribution is 5.86. The third-order valence-electron chi connectivity index (χ3n) is 6.32. The minimum absolute atomic E-state index is 0.0616. The molecule has 0 aromatic heterocycles. The molecule has 33 heavy (non-hydrogen) atoms. The number of rotatable bonds is 7.